The van der Waals surface area contributed by atoms with Crippen LogP contribution in [0.25, 0.3) is 0 Å². The predicted octanol–water partition coefficient (Wildman–Crippen LogP) is 2.10. The van der Waals surface area contributed by atoms with Crippen molar-refractivity contribution in [2.24, 2.45) is 0 Å². The number of methoxy groups -OCH3 is 2. The van der Waals surface area contributed by atoms with Crippen LogP contribution in [0.1, 0.15) is 17.8 Å². The van der Waals surface area contributed by atoms with Crippen LogP contribution in [0, 0.1) is 0 Å². The van der Waals surface area contributed by atoms with Crippen LogP contribution >= 0.6 is 23.6 Å². The van der Waals surface area contributed by atoms with Crippen LogP contribution < -0.4 is 25.0 Å². The van der Waals surface area contributed by atoms with E-state index in [2.05, 4.69) is 35.1 Å². The Morgan fingerprint density at radius 1 is 1.21 bits per heavy atom. The first-order chi connectivity index (χ1) is 13.6. The molecule has 8 heteroatoms. The van der Waals surface area contributed by atoms with Gasteiger partial charge in [-0.2, -0.15) is 0 Å². The minimum atomic E-state index is 0.156. The Hall–Kier alpha value is -1.87. The van der Waals surface area contributed by atoms with Crippen molar-refractivity contribution in [1.29, 1.82) is 0 Å². The molecule has 6 nitrogen and oxygen atoms in total. The lowest BCUT2D eigenvalue weighted by Gasteiger charge is -2.35. The van der Waals surface area contributed by atoms with Crippen LogP contribution in [0.15, 0.2) is 35.7 Å². The van der Waals surface area contributed by atoms with Gasteiger partial charge in [0.15, 0.2) is 5.11 Å². The van der Waals surface area contributed by atoms with Crippen molar-refractivity contribution < 1.29 is 19.1 Å². The van der Waals surface area contributed by atoms with Gasteiger partial charge in [0.2, 0.25) is 0 Å². The van der Waals surface area contributed by atoms with Gasteiger partial charge in [-0.25, -0.2) is 0 Å². The van der Waals surface area contributed by atoms with Crippen molar-refractivity contribution in [3.63, 3.8) is 0 Å². The Kier molecular flexibility index (Phi) is 7.50. The highest BCUT2D eigenvalue weighted by Crippen LogP contribution is 2.29. The second-order valence-corrected chi connectivity index (χ2v) is 8.10. The van der Waals surface area contributed by atoms with E-state index < -0.39 is 0 Å². The molecule has 0 saturated carbocycles. The molecular weight excluding hydrogens is 394 g/mol. The fourth-order valence-electron chi connectivity index (χ4n) is 3.57. The summed E-state index contributed by atoms with van der Waals surface area (Å²) in [5, 5.41) is 9.42. The number of quaternary nitrogens is 1. The van der Waals surface area contributed by atoms with E-state index in [4.69, 9.17) is 26.4 Å². The fourth-order valence-corrected chi connectivity index (χ4v) is 4.86. The molecule has 1 aromatic heterocycles. The van der Waals surface area contributed by atoms with Gasteiger partial charge in [0.25, 0.3) is 0 Å². The predicted molar refractivity (Wildman–Crippen MR) is 117 cm³/mol. The van der Waals surface area contributed by atoms with E-state index in [1.807, 2.05) is 18.2 Å². The molecule has 0 bridgehead atoms. The maximum absolute atomic E-state index is 5.60. The molecule has 2 heterocycles. The van der Waals surface area contributed by atoms with E-state index in [-0.39, 0.29) is 6.04 Å². The minimum Gasteiger partial charge on any atom is -0.497 e. The quantitative estimate of drug-likeness (QED) is 0.594. The Balaban J connectivity index is 1.71. The third-order valence-electron chi connectivity index (χ3n) is 4.94. The van der Waals surface area contributed by atoms with Gasteiger partial charge >= 0.3 is 0 Å². The fraction of sp³-hybridized carbons (Fsp3) is 0.450. The Bertz CT molecular complexity index is 764. The summed E-state index contributed by atoms with van der Waals surface area (Å²) in [6, 6.07) is 10.4. The Labute approximate surface area is 175 Å². The molecule has 0 aliphatic carbocycles. The topological polar surface area (TPSA) is 56.2 Å². The zero-order valence-electron chi connectivity index (χ0n) is 16.5. The molecule has 1 fully saturated rings. The smallest absolute Gasteiger partial charge is 0.171 e. The van der Waals surface area contributed by atoms with E-state index in [1.54, 1.807) is 25.6 Å². The van der Waals surface area contributed by atoms with Crippen molar-refractivity contribution >= 4 is 34.4 Å². The number of hydrogen-bond acceptors (Lipinski definition) is 5. The lowest BCUT2D eigenvalue weighted by Crippen LogP contribution is -3.15. The van der Waals surface area contributed by atoms with Crippen molar-refractivity contribution in [2.45, 2.75) is 19.0 Å². The highest BCUT2D eigenvalue weighted by molar-refractivity contribution is 7.80. The SMILES string of the molecule is COc1ccc(OC)c(NC(=S)N[C@@H](C)[C@H](c2cccs2)[NH+]2CCOCC2)c1. The maximum atomic E-state index is 5.60. The van der Waals surface area contributed by atoms with E-state index >= 15 is 0 Å². The van der Waals surface area contributed by atoms with Crippen molar-refractivity contribution in [2.75, 3.05) is 45.8 Å². The van der Waals surface area contributed by atoms with E-state index in [9.17, 15) is 0 Å². The average Bonchev–Trinajstić information content (AvgIpc) is 3.23. The maximum Gasteiger partial charge on any atom is 0.171 e. The van der Waals surface area contributed by atoms with Gasteiger partial charge in [-0.1, -0.05) is 6.07 Å². The molecule has 1 aromatic carbocycles. The first-order valence-electron chi connectivity index (χ1n) is 9.37. The summed E-state index contributed by atoms with van der Waals surface area (Å²) in [5.74, 6) is 1.46. The summed E-state index contributed by atoms with van der Waals surface area (Å²) in [4.78, 5) is 2.88. The third-order valence-corrected chi connectivity index (χ3v) is 6.11. The molecule has 28 heavy (non-hydrogen) atoms. The monoisotopic (exact) mass is 422 g/mol. The first kappa shape index (κ1) is 20.9. The Morgan fingerprint density at radius 3 is 2.64 bits per heavy atom. The van der Waals surface area contributed by atoms with Crippen LogP contribution in [0.4, 0.5) is 5.69 Å². The summed E-state index contributed by atoms with van der Waals surface area (Å²) in [7, 11) is 3.28. The van der Waals surface area contributed by atoms with Gasteiger partial charge in [-0.15, -0.1) is 11.3 Å². The van der Waals surface area contributed by atoms with Crippen LogP contribution in [0.5, 0.6) is 11.5 Å². The molecule has 0 spiro atoms. The molecule has 3 N–H and O–H groups in total. The number of hydrogen-bond donors (Lipinski definition) is 3. The zero-order valence-corrected chi connectivity index (χ0v) is 18.1. The lowest BCUT2D eigenvalue weighted by molar-refractivity contribution is -0.939. The van der Waals surface area contributed by atoms with Crippen LogP contribution in [-0.2, 0) is 4.74 Å². The first-order valence-corrected chi connectivity index (χ1v) is 10.7. The summed E-state index contributed by atoms with van der Waals surface area (Å²) in [5.41, 5.74) is 0.776. The van der Waals surface area contributed by atoms with Gasteiger partial charge in [-0.3, -0.25) is 0 Å². The second kappa shape index (κ2) is 10.1. The molecule has 1 aliphatic rings. The normalized spacial score (nSPS) is 16.8. The number of thiophene rings is 1. The third kappa shape index (κ3) is 5.14. The summed E-state index contributed by atoms with van der Waals surface area (Å²) >= 11 is 7.39. The van der Waals surface area contributed by atoms with Gasteiger partial charge in [0.05, 0.1) is 44.0 Å². The standard InChI is InChI=1S/C20H27N3O3S2/c1-14(19(18-5-4-12-28-18)23-8-10-26-11-9-23)21-20(27)22-16-13-15(24-2)6-7-17(16)25-3/h4-7,12-14,19H,8-11H2,1-3H3,(H2,21,22,27)/p+1/t14-,19+/m0/s1. The summed E-state index contributed by atoms with van der Waals surface area (Å²) < 4.78 is 16.3. The minimum absolute atomic E-state index is 0.156. The Morgan fingerprint density at radius 2 is 2.00 bits per heavy atom. The van der Waals surface area contributed by atoms with Gasteiger partial charge < -0.3 is 29.7 Å². The largest absolute Gasteiger partial charge is 0.497 e. The van der Waals surface area contributed by atoms with Crippen molar-refractivity contribution in [3.05, 3.63) is 40.6 Å². The van der Waals surface area contributed by atoms with Crippen molar-refractivity contribution in [3.8, 4) is 11.5 Å². The highest BCUT2D eigenvalue weighted by Gasteiger charge is 2.32. The number of benzene rings is 1. The number of anilines is 1. The molecule has 152 valence electrons. The molecule has 1 aliphatic heterocycles. The highest BCUT2D eigenvalue weighted by atomic mass is 32.1. The lowest BCUT2D eigenvalue weighted by atomic mass is 10.1. The number of morpholine rings is 1. The van der Waals surface area contributed by atoms with Crippen LogP contribution in [-0.4, -0.2) is 51.7 Å². The van der Waals surface area contributed by atoms with Crippen molar-refractivity contribution in [1.82, 2.24) is 5.32 Å². The zero-order chi connectivity index (χ0) is 19.9. The molecule has 0 amide bonds. The number of ether oxygens (including phenoxy) is 3. The molecule has 1 saturated heterocycles. The summed E-state index contributed by atoms with van der Waals surface area (Å²) in [6.07, 6.45) is 0. The van der Waals surface area contributed by atoms with E-state index in [0.717, 1.165) is 37.7 Å². The second-order valence-electron chi connectivity index (χ2n) is 6.72. The molecule has 3 rings (SSSR count). The van der Waals surface area contributed by atoms with Crippen LogP contribution in [0.3, 0.4) is 0 Å². The molecule has 0 radical (unpaired) electrons. The number of thiocarbonyl (C=S) groups is 1. The van der Waals surface area contributed by atoms with Gasteiger partial charge in [0, 0.05) is 6.07 Å². The van der Waals surface area contributed by atoms with E-state index in [1.165, 1.54) is 9.78 Å². The van der Waals surface area contributed by atoms with Crippen LogP contribution in [0.2, 0.25) is 0 Å². The molecule has 2 atom stereocenters. The van der Waals surface area contributed by atoms with Gasteiger partial charge in [0.1, 0.15) is 30.6 Å². The molecular formula is C20H28N3O3S2+. The van der Waals surface area contributed by atoms with E-state index in [0.29, 0.717) is 16.9 Å². The molecule has 0 unspecified atom stereocenters. The average molecular weight is 423 g/mol. The number of rotatable bonds is 7. The number of nitrogens with one attached hydrogen (secondary N) is 3. The molecule has 2 aromatic rings. The van der Waals surface area contributed by atoms with Gasteiger partial charge in [-0.05, 0) is 42.7 Å². The summed E-state index contributed by atoms with van der Waals surface area (Å²) in [6.45, 7) is 5.78.